The molecule has 0 aliphatic heterocycles. The van der Waals surface area contributed by atoms with Crippen LogP contribution in [0.5, 0.6) is 0 Å². The Bertz CT molecular complexity index is 2600. The molecule has 222 valence electrons. The fourth-order valence-electron chi connectivity index (χ4n) is 7.79. The Morgan fingerprint density at radius 1 is 0.660 bits per heavy atom. The topological polar surface area (TPSA) is 65.5 Å². The number of nitriles is 1. The van der Waals surface area contributed by atoms with Gasteiger partial charge in [-0.15, -0.1) is 0 Å². The molecule has 0 bridgehead atoms. The highest BCUT2D eigenvalue weighted by Crippen LogP contribution is 2.51. The van der Waals surface area contributed by atoms with Gasteiger partial charge in [-0.1, -0.05) is 98.8 Å². The molecule has 8 aromatic rings. The smallest absolute Gasteiger partial charge is 0.346 e. The van der Waals surface area contributed by atoms with E-state index in [1.165, 1.54) is 77.6 Å². The highest BCUT2D eigenvalue weighted by atomic mass is 16.4. The van der Waals surface area contributed by atoms with E-state index in [1.54, 1.807) is 6.07 Å². The first-order valence-corrected chi connectivity index (χ1v) is 15.8. The first-order valence-electron chi connectivity index (χ1n) is 15.8. The Balaban J connectivity index is 1.14. The molecule has 0 saturated carbocycles. The molecule has 0 unspecified atom stereocenters. The largest absolute Gasteiger partial charge is 0.477 e. The molecule has 0 amide bonds. The molecule has 0 saturated heterocycles. The lowest BCUT2D eigenvalue weighted by atomic mass is 9.80. The van der Waals surface area contributed by atoms with Crippen molar-refractivity contribution in [3.8, 4) is 39.4 Å². The van der Waals surface area contributed by atoms with Crippen LogP contribution in [0.1, 0.15) is 30.5 Å². The SMILES string of the molecule is CC1(C)c2cc(-c3ccc(/C=C(\C#N)C(=O)O)cc3)ccc2-c2ccc(-c3cc4c5ccccc5n5c6ccccc6c(c3)c45)cc21. The fourth-order valence-corrected chi connectivity index (χ4v) is 7.79. The molecule has 0 atom stereocenters. The van der Waals surface area contributed by atoms with Crippen molar-refractivity contribution < 1.29 is 9.90 Å². The van der Waals surface area contributed by atoms with Gasteiger partial charge in [0, 0.05) is 27.0 Å². The standard InChI is InChI=1S/C43H28N2O2/c1-43(2)37-22-27(26-13-11-25(12-14-26)19-30(24-44)42(46)47)15-17-31(37)32-18-16-28(23-38(32)43)29-20-35-33-7-3-5-9-39(33)45-40-10-6-4-8-34(40)36(21-29)41(35)45/h3-23H,1-2H3,(H,46,47)/b30-19+. The molecule has 6 aromatic carbocycles. The second kappa shape index (κ2) is 9.66. The molecule has 0 fully saturated rings. The average molecular weight is 605 g/mol. The summed E-state index contributed by atoms with van der Waals surface area (Å²) < 4.78 is 2.42. The molecule has 2 aromatic heterocycles. The van der Waals surface area contributed by atoms with Gasteiger partial charge in [-0.05, 0) is 92.5 Å². The third-order valence-electron chi connectivity index (χ3n) is 10.1. The Kier molecular flexibility index (Phi) is 5.58. The average Bonchev–Trinajstić information content (AvgIpc) is 3.69. The van der Waals surface area contributed by atoms with Crippen molar-refractivity contribution in [1.82, 2.24) is 4.40 Å². The van der Waals surface area contributed by atoms with E-state index in [0.717, 1.165) is 11.1 Å². The number of aliphatic carboxylic acids is 1. The number of carboxylic acids is 1. The van der Waals surface area contributed by atoms with E-state index in [-0.39, 0.29) is 11.0 Å². The molecule has 0 spiro atoms. The third-order valence-corrected chi connectivity index (χ3v) is 10.1. The van der Waals surface area contributed by atoms with Gasteiger partial charge in [-0.2, -0.15) is 5.26 Å². The normalized spacial score (nSPS) is 13.8. The van der Waals surface area contributed by atoms with Crippen molar-refractivity contribution >= 4 is 50.1 Å². The van der Waals surface area contributed by atoms with E-state index in [2.05, 4.69) is 115 Å². The van der Waals surface area contributed by atoms with Crippen molar-refractivity contribution in [3.63, 3.8) is 0 Å². The van der Waals surface area contributed by atoms with E-state index in [4.69, 9.17) is 5.26 Å². The Hall–Kier alpha value is -6.18. The minimum Gasteiger partial charge on any atom is -0.477 e. The van der Waals surface area contributed by atoms with Crippen LogP contribution in [-0.2, 0) is 10.2 Å². The zero-order chi connectivity index (χ0) is 32.0. The van der Waals surface area contributed by atoms with Crippen molar-refractivity contribution in [2.75, 3.05) is 0 Å². The summed E-state index contributed by atoms with van der Waals surface area (Å²) in [6, 6.07) is 45.2. The lowest BCUT2D eigenvalue weighted by Crippen LogP contribution is -2.15. The molecule has 9 rings (SSSR count). The summed E-state index contributed by atoms with van der Waals surface area (Å²) in [7, 11) is 0. The summed E-state index contributed by atoms with van der Waals surface area (Å²) in [4.78, 5) is 11.3. The Morgan fingerprint density at radius 2 is 1.17 bits per heavy atom. The zero-order valence-electron chi connectivity index (χ0n) is 25.9. The first kappa shape index (κ1) is 27.2. The first-order chi connectivity index (χ1) is 22.8. The molecule has 2 heterocycles. The number of para-hydroxylation sites is 2. The number of fused-ring (bicyclic) bond motifs is 9. The van der Waals surface area contributed by atoms with E-state index < -0.39 is 5.97 Å². The molecule has 1 aliphatic rings. The van der Waals surface area contributed by atoms with E-state index in [1.807, 2.05) is 24.3 Å². The minimum atomic E-state index is -1.22. The van der Waals surface area contributed by atoms with Crippen LogP contribution in [0, 0.1) is 11.3 Å². The fraction of sp³-hybridized carbons (Fsp3) is 0.0698. The highest BCUT2D eigenvalue weighted by Gasteiger charge is 2.36. The number of aromatic nitrogens is 1. The number of carbonyl (C=O) groups is 1. The van der Waals surface area contributed by atoms with Gasteiger partial charge < -0.3 is 9.51 Å². The van der Waals surface area contributed by atoms with Gasteiger partial charge in [-0.3, -0.25) is 0 Å². The van der Waals surface area contributed by atoms with Gasteiger partial charge in [0.2, 0.25) is 0 Å². The van der Waals surface area contributed by atoms with Crippen LogP contribution in [0.25, 0.3) is 77.6 Å². The maximum Gasteiger partial charge on any atom is 0.346 e. The molecule has 47 heavy (non-hydrogen) atoms. The van der Waals surface area contributed by atoms with Gasteiger partial charge in [0.25, 0.3) is 0 Å². The number of benzene rings is 6. The number of carboxylic acid groups (broad SMARTS) is 1. The highest BCUT2D eigenvalue weighted by molar-refractivity contribution is 6.24. The summed E-state index contributed by atoms with van der Waals surface area (Å²) in [5, 5.41) is 23.4. The van der Waals surface area contributed by atoms with Gasteiger partial charge in [-0.25, -0.2) is 4.79 Å². The van der Waals surface area contributed by atoms with E-state index in [0.29, 0.717) is 5.56 Å². The van der Waals surface area contributed by atoms with Crippen LogP contribution in [0.3, 0.4) is 0 Å². The second-order valence-corrected chi connectivity index (χ2v) is 13.0. The van der Waals surface area contributed by atoms with Crippen molar-refractivity contribution in [1.29, 1.82) is 5.26 Å². The van der Waals surface area contributed by atoms with Crippen LogP contribution in [0.4, 0.5) is 0 Å². The zero-order valence-corrected chi connectivity index (χ0v) is 25.9. The maximum absolute atomic E-state index is 11.3. The van der Waals surface area contributed by atoms with Crippen LogP contribution in [0.2, 0.25) is 0 Å². The number of rotatable bonds is 4. The van der Waals surface area contributed by atoms with Gasteiger partial charge in [0.15, 0.2) is 0 Å². The molecule has 4 nitrogen and oxygen atoms in total. The lowest BCUT2D eigenvalue weighted by Gasteiger charge is -2.22. The number of hydrogen-bond acceptors (Lipinski definition) is 2. The van der Waals surface area contributed by atoms with Gasteiger partial charge in [0.1, 0.15) is 11.6 Å². The summed E-state index contributed by atoms with van der Waals surface area (Å²) in [6.07, 6.45) is 1.40. The number of hydrogen-bond donors (Lipinski definition) is 1. The van der Waals surface area contributed by atoms with Crippen LogP contribution in [-0.4, -0.2) is 15.5 Å². The molecular weight excluding hydrogens is 576 g/mol. The monoisotopic (exact) mass is 604 g/mol. The number of nitrogens with zero attached hydrogens (tertiary/aromatic N) is 2. The summed E-state index contributed by atoms with van der Waals surface area (Å²) in [5.74, 6) is -1.22. The second-order valence-electron chi connectivity index (χ2n) is 13.0. The quantitative estimate of drug-likeness (QED) is 0.161. The predicted molar refractivity (Wildman–Crippen MR) is 191 cm³/mol. The summed E-state index contributed by atoms with van der Waals surface area (Å²) in [5.41, 5.74) is 13.7. The predicted octanol–water partition coefficient (Wildman–Crippen LogP) is 10.5. The van der Waals surface area contributed by atoms with E-state index >= 15 is 0 Å². The van der Waals surface area contributed by atoms with Crippen molar-refractivity contribution in [2.45, 2.75) is 19.3 Å². The Morgan fingerprint density at radius 3 is 1.70 bits per heavy atom. The minimum absolute atomic E-state index is 0.202. The van der Waals surface area contributed by atoms with Crippen LogP contribution < -0.4 is 0 Å². The van der Waals surface area contributed by atoms with Crippen LogP contribution in [0.15, 0.2) is 127 Å². The van der Waals surface area contributed by atoms with Crippen molar-refractivity contribution in [3.05, 3.63) is 144 Å². The molecular formula is C43H28N2O2. The Labute approximate surface area is 271 Å². The molecule has 1 N–H and O–H groups in total. The van der Waals surface area contributed by atoms with Crippen LogP contribution >= 0.6 is 0 Å². The maximum atomic E-state index is 11.3. The molecule has 0 radical (unpaired) electrons. The lowest BCUT2D eigenvalue weighted by molar-refractivity contribution is -0.132. The van der Waals surface area contributed by atoms with Crippen molar-refractivity contribution in [2.24, 2.45) is 0 Å². The molecule has 4 heteroatoms. The molecule has 1 aliphatic carbocycles. The summed E-state index contributed by atoms with van der Waals surface area (Å²) in [6.45, 7) is 4.61. The van der Waals surface area contributed by atoms with E-state index in [9.17, 15) is 9.90 Å². The summed E-state index contributed by atoms with van der Waals surface area (Å²) >= 11 is 0. The third kappa shape index (κ3) is 3.84. The van der Waals surface area contributed by atoms with Gasteiger partial charge >= 0.3 is 5.97 Å². The van der Waals surface area contributed by atoms with Gasteiger partial charge in [0.05, 0.1) is 16.6 Å².